The van der Waals surface area contributed by atoms with Crippen molar-refractivity contribution in [3.05, 3.63) is 23.8 Å². The number of rotatable bonds is 6. The third-order valence-electron chi connectivity index (χ3n) is 2.58. The van der Waals surface area contributed by atoms with Crippen molar-refractivity contribution in [1.29, 1.82) is 0 Å². The molecule has 1 amide bonds. The van der Waals surface area contributed by atoms with Crippen LogP contribution in [0.25, 0.3) is 0 Å². The first-order chi connectivity index (χ1) is 8.58. The molecular formula is C13H20N2O3. The molecule has 0 fully saturated rings. The van der Waals surface area contributed by atoms with Crippen molar-refractivity contribution in [2.75, 3.05) is 20.8 Å². The zero-order valence-corrected chi connectivity index (χ0v) is 11.0. The fourth-order valence-corrected chi connectivity index (χ4v) is 1.47. The van der Waals surface area contributed by atoms with Gasteiger partial charge in [0.25, 0.3) is 0 Å². The number of benzene rings is 1. The van der Waals surface area contributed by atoms with E-state index in [1.807, 2.05) is 19.1 Å². The van der Waals surface area contributed by atoms with Gasteiger partial charge in [0.1, 0.15) is 0 Å². The summed E-state index contributed by atoms with van der Waals surface area (Å²) in [7, 11) is 3.17. The highest BCUT2D eigenvalue weighted by atomic mass is 16.5. The summed E-state index contributed by atoms with van der Waals surface area (Å²) >= 11 is 0. The van der Waals surface area contributed by atoms with Gasteiger partial charge in [0.2, 0.25) is 5.91 Å². The first kappa shape index (κ1) is 14.3. The molecule has 0 saturated heterocycles. The lowest BCUT2D eigenvalue weighted by Gasteiger charge is -2.13. The molecule has 0 aromatic heterocycles. The van der Waals surface area contributed by atoms with Crippen LogP contribution in [-0.2, 0) is 4.79 Å². The van der Waals surface area contributed by atoms with Crippen LogP contribution in [0.4, 0.5) is 0 Å². The van der Waals surface area contributed by atoms with E-state index < -0.39 is 0 Å². The highest BCUT2D eigenvalue weighted by Gasteiger charge is 2.08. The Bertz CT molecular complexity index is 405. The third kappa shape index (κ3) is 3.92. The maximum atomic E-state index is 11.1. The van der Waals surface area contributed by atoms with Crippen LogP contribution < -0.4 is 20.5 Å². The van der Waals surface area contributed by atoms with Crippen LogP contribution in [0.1, 0.15) is 24.9 Å². The van der Waals surface area contributed by atoms with Gasteiger partial charge in [-0.05, 0) is 24.6 Å². The topological polar surface area (TPSA) is 73.6 Å². The van der Waals surface area contributed by atoms with E-state index >= 15 is 0 Å². The van der Waals surface area contributed by atoms with Gasteiger partial charge in [-0.25, -0.2) is 0 Å². The van der Waals surface area contributed by atoms with Crippen molar-refractivity contribution in [1.82, 2.24) is 5.32 Å². The average molecular weight is 252 g/mol. The molecule has 1 atom stereocenters. The maximum absolute atomic E-state index is 11.1. The fraction of sp³-hybridized carbons (Fsp3) is 0.462. The first-order valence-electron chi connectivity index (χ1n) is 5.85. The van der Waals surface area contributed by atoms with Crippen LogP contribution in [0.3, 0.4) is 0 Å². The average Bonchev–Trinajstić information content (AvgIpc) is 2.38. The monoisotopic (exact) mass is 252 g/mol. The molecule has 0 aliphatic heterocycles. The standard InChI is InChI=1S/C13H20N2O3/c1-9(14)10-4-5-11(12(8-10)17-3)18-7-6-13(16)15-2/h4-5,8-9H,6-7,14H2,1-3H3,(H,15,16). The Balaban J connectivity index is 2.68. The minimum atomic E-state index is -0.0566. The van der Waals surface area contributed by atoms with Gasteiger partial charge in [0.05, 0.1) is 20.1 Å². The number of nitrogens with two attached hydrogens (primary N) is 1. The highest BCUT2D eigenvalue weighted by Crippen LogP contribution is 2.29. The van der Waals surface area contributed by atoms with E-state index in [4.69, 9.17) is 15.2 Å². The van der Waals surface area contributed by atoms with Crippen LogP contribution in [0.2, 0.25) is 0 Å². The zero-order valence-electron chi connectivity index (χ0n) is 11.0. The summed E-state index contributed by atoms with van der Waals surface area (Å²) in [6.45, 7) is 2.22. The molecule has 5 heteroatoms. The van der Waals surface area contributed by atoms with Gasteiger partial charge in [-0.2, -0.15) is 0 Å². The summed E-state index contributed by atoms with van der Waals surface area (Å²) in [5.74, 6) is 1.19. The van der Waals surface area contributed by atoms with E-state index in [1.54, 1.807) is 20.2 Å². The maximum Gasteiger partial charge on any atom is 0.223 e. The summed E-state index contributed by atoms with van der Waals surface area (Å²) in [5, 5.41) is 2.54. The van der Waals surface area contributed by atoms with Crippen molar-refractivity contribution >= 4 is 5.91 Å². The Morgan fingerprint density at radius 1 is 1.44 bits per heavy atom. The number of hydrogen-bond donors (Lipinski definition) is 2. The molecule has 1 unspecified atom stereocenters. The molecule has 5 nitrogen and oxygen atoms in total. The van der Waals surface area contributed by atoms with Crippen molar-refractivity contribution < 1.29 is 14.3 Å². The normalized spacial score (nSPS) is 11.8. The smallest absolute Gasteiger partial charge is 0.223 e. The van der Waals surface area contributed by atoms with E-state index in [9.17, 15) is 4.79 Å². The zero-order chi connectivity index (χ0) is 13.5. The van der Waals surface area contributed by atoms with E-state index in [1.165, 1.54) is 0 Å². The second-order valence-electron chi connectivity index (χ2n) is 3.97. The number of methoxy groups -OCH3 is 1. The molecule has 3 N–H and O–H groups in total. The van der Waals surface area contributed by atoms with Crippen molar-refractivity contribution in [2.24, 2.45) is 5.73 Å². The third-order valence-corrected chi connectivity index (χ3v) is 2.58. The number of carbonyl (C=O) groups excluding carboxylic acids is 1. The molecule has 0 bridgehead atoms. The van der Waals surface area contributed by atoms with Crippen molar-refractivity contribution in [3.8, 4) is 11.5 Å². The lowest BCUT2D eigenvalue weighted by Crippen LogP contribution is -2.20. The second kappa shape index (κ2) is 6.86. The van der Waals surface area contributed by atoms with Gasteiger partial charge in [0.15, 0.2) is 11.5 Å². The Morgan fingerprint density at radius 3 is 2.72 bits per heavy atom. The lowest BCUT2D eigenvalue weighted by molar-refractivity contribution is -0.121. The SMILES string of the molecule is CNC(=O)CCOc1ccc(C(C)N)cc1OC. The molecule has 0 radical (unpaired) electrons. The lowest BCUT2D eigenvalue weighted by atomic mass is 10.1. The molecule has 1 aromatic rings. The Kier molecular flexibility index (Phi) is 5.45. The Labute approximate surface area is 107 Å². The van der Waals surface area contributed by atoms with Crippen LogP contribution in [-0.4, -0.2) is 26.7 Å². The molecule has 100 valence electrons. The minimum absolute atomic E-state index is 0.0545. The van der Waals surface area contributed by atoms with Crippen LogP contribution in [0.15, 0.2) is 18.2 Å². The molecule has 1 aromatic carbocycles. The van der Waals surface area contributed by atoms with Gasteiger partial charge < -0.3 is 20.5 Å². The largest absolute Gasteiger partial charge is 0.493 e. The van der Waals surface area contributed by atoms with Crippen LogP contribution in [0, 0.1) is 0 Å². The van der Waals surface area contributed by atoms with Gasteiger partial charge in [0, 0.05) is 13.1 Å². The summed E-state index contributed by atoms with van der Waals surface area (Å²) in [5.41, 5.74) is 6.77. The van der Waals surface area contributed by atoms with Crippen molar-refractivity contribution in [3.63, 3.8) is 0 Å². The molecular weight excluding hydrogens is 232 g/mol. The molecule has 0 saturated carbocycles. The van der Waals surface area contributed by atoms with E-state index in [2.05, 4.69) is 5.32 Å². The predicted molar refractivity (Wildman–Crippen MR) is 69.8 cm³/mol. The minimum Gasteiger partial charge on any atom is -0.493 e. The predicted octanol–water partition coefficient (Wildman–Crippen LogP) is 1.23. The number of amides is 1. The summed E-state index contributed by atoms with van der Waals surface area (Å²) < 4.78 is 10.7. The summed E-state index contributed by atoms with van der Waals surface area (Å²) in [6.07, 6.45) is 0.314. The van der Waals surface area contributed by atoms with E-state index in [0.717, 1.165) is 5.56 Å². The summed E-state index contributed by atoms with van der Waals surface area (Å²) in [4.78, 5) is 11.1. The molecule has 1 rings (SSSR count). The Hall–Kier alpha value is -1.75. The van der Waals surface area contributed by atoms with Gasteiger partial charge in [-0.15, -0.1) is 0 Å². The van der Waals surface area contributed by atoms with Crippen LogP contribution in [0.5, 0.6) is 11.5 Å². The fourth-order valence-electron chi connectivity index (χ4n) is 1.47. The first-order valence-corrected chi connectivity index (χ1v) is 5.85. The van der Waals surface area contributed by atoms with Gasteiger partial charge in [-0.3, -0.25) is 4.79 Å². The number of ether oxygens (including phenoxy) is 2. The quantitative estimate of drug-likeness (QED) is 0.798. The highest BCUT2D eigenvalue weighted by molar-refractivity contribution is 5.75. The van der Waals surface area contributed by atoms with Crippen molar-refractivity contribution in [2.45, 2.75) is 19.4 Å². The van der Waals surface area contributed by atoms with Crippen LogP contribution >= 0.6 is 0 Å². The number of nitrogens with one attached hydrogen (secondary N) is 1. The second-order valence-corrected chi connectivity index (χ2v) is 3.97. The molecule has 18 heavy (non-hydrogen) atoms. The summed E-state index contributed by atoms with van der Waals surface area (Å²) in [6, 6.07) is 5.49. The number of carbonyl (C=O) groups is 1. The molecule has 0 heterocycles. The molecule has 0 aliphatic carbocycles. The van der Waals surface area contributed by atoms with Gasteiger partial charge >= 0.3 is 0 Å². The Morgan fingerprint density at radius 2 is 2.17 bits per heavy atom. The van der Waals surface area contributed by atoms with Gasteiger partial charge in [-0.1, -0.05) is 6.07 Å². The van der Waals surface area contributed by atoms with E-state index in [0.29, 0.717) is 24.5 Å². The molecule has 0 spiro atoms. The van der Waals surface area contributed by atoms with E-state index in [-0.39, 0.29) is 11.9 Å². The molecule has 0 aliphatic rings. The number of hydrogen-bond acceptors (Lipinski definition) is 4.